The van der Waals surface area contributed by atoms with Gasteiger partial charge in [-0.2, -0.15) is 0 Å². The van der Waals surface area contributed by atoms with E-state index in [2.05, 4.69) is 5.32 Å². The van der Waals surface area contributed by atoms with Gasteiger partial charge in [0.1, 0.15) is 23.7 Å². The summed E-state index contributed by atoms with van der Waals surface area (Å²) in [5.41, 5.74) is 4.52. The number of para-hydroxylation sites is 1. The van der Waals surface area contributed by atoms with Crippen LogP contribution in [0.15, 0.2) is 101 Å². The highest BCUT2D eigenvalue weighted by Gasteiger charge is 2.27. The van der Waals surface area contributed by atoms with Crippen LogP contribution >= 0.6 is 0 Å². The third-order valence-electron chi connectivity index (χ3n) is 6.63. The summed E-state index contributed by atoms with van der Waals surface area (Å²) in [6.07, 6.45) is 1.17. The van der Waals surface area contributed by atoms with E-state index in [1.165, 1.54) is 10.6 Å². The molecule has 1 N–H and O–H groups in total. The van der Waals surface area contributed by atoms with Crippen molar-refractivity contribution in [1.82, 2.24) is 5.32 Å². The van der Waals surface area contributed by atoms with E-state index in [1.807, 2.05) is 97.9 Å². The lowest BCUT2D eigenvalue weighted by Gasteiger charge is -2.25. The number of benzene rings is 4. The van der Waals surface area contributed by atoms with E-state index < -0.39 is 10.0 Å². The largest absolute Gasteiger partial charge is 0.492 e. The molecule has 8 heteroatoms. The molecule has 40 heavy (non-hydrogen) atoms. The molecule has 1 aromatic heterocycles. The lowest BCUT2D eigenvalue weighted by molar-refractivity contribution is 0.0964. The summed E-state index contributed by atoms with van der Waals surface area (Å²) < 4.78 is 39.8. The van der Waals surface area contributed by atoms with E-state index in [9.17, 15) is 13.2 Å². The Kier molecular flexibility index (Phi) is 7.62. The molecule has 1 heterocycles. The number of hydrogen-bond donors (Lipinski definition) is 1. The molecule has 7 nitrogen and oxygen atoms in total. The van der Waals surface area contributed by atoms with Crippen LogP contribution in [-0.4, -0.2) is 40.8 Å². The quantitative estimate of drug-likeness (QED) is 0.232. The van der Waals surface area contributed by atoms with Crippen LogP contribution in [0, 0.1) is 6.92 Å². The van der Waals surface area contributed by atoms with Crippen molar-refractivity contribution in [3.05, 3.63) is 108 Å². The second-order valence-corrected chi connectivity index (χ2v) is 11.4. The van der Waals surface area contributed by atoms with Crippen LogP contribution in [-0.2, 0) is 10.0 Å². The Labute approximate surface area is 234 Å². The lowest BCUT2D eigenvalue weighted by atomic mass is 9.98. The Bertz CT molecular complexity index is 1750. The van der Waals surface area contributed by atoms with Crippen LogP contribution in [0.25, 0.3) is 33.4 Å². The number of ether oxygens (including phenoxy) is 1. The highest BCUT2D eigenvalue weighted by Crippen LogP contribution is 2.41. The van der Waals surface area contributed by atoms with Gasteiger partial charge in [-0.1, -0.05) is 78.4 Å². The fourth-order valence-corrected chi connectivity index (χ4v) is 5.59. The Morgan fingerprint density at radius 1 is 0.900 bits per heavy atom. The van der Waals surface area contributed by atoms with Crippen molar-refractivity contribution in [2.24, 2.45) is 0 Å². The number of amides is 1. The van der Waals surface area contributed by atoms with Gasteiger partial charge in [0, 0.05) is 29.6 Å². The number of carbonyl (C=O) groups is 1. The predicted molar refractivity (Wildman–Crippen MR) is 159 cm³/mol. The van der Waals surface area contributed by atoms with E-state index in [-0.39, 0.29) is 19.1 Å². The van der Waals surface area contributed by atoms with Crippen molar-refractivity contribution in [1.29, 1.82) is 0 Å². The second-order valence-electron chi connectivity index (χ2n) is 9.48. The number of rotatable bonds is 9. The molecule has 5 rings (SSSR count). The summed E-state index contributed by atoms with van der Waals surface area (Å²) in [7, 11) is -2.15. The number of anilines is 1. The van der Waals surface area contributed by atoms with Crippen LogP contribution in [0.4, 0.5) is 5.69 Å². The number of furan rings is 1. The van der Waals surface area contributed by atoms with Gasteiger partial charge in [0.25, 0.3) is 5.91 Å². The smallest absolute Gasteiger partial charge is 0.255 e. The standard InChI is InChI=1S/C32H30N2O5S/c1-22-14-16-24(17-15-22)31-30(32(35)33-2)27-20-26(23-10-6-4-7-11-23)28(21-29(27)39-31)34(40(3,36)37)18-19-38-25-12-8-5-9-13-25/h4-17,20-21H,18-19H2,1-3H3,(H,33,35). The Morgan fingerprint density at radius 3 is 2.17 bits per heavy atom. The van der Waals surface area contributed by atoms with Crippen LogP contribution in [0.3, 0.4) is 0 Å². The molecule has 204 valence electrons. The molecule has 4 aromatic carbocycles. The zero-order valence-electron chi connectivity index (χ0n) is 22.5. The first-order chi connectivity index (χ1) is 19.3. The van der Waals surface area contributed by atoms with Crippen LogP contribution in [0.2, 0.25) is 0 Å². The van der Waals surface area contributed by atoms with E-state index in [1.54, 1.807) is 13.1 Å². The molecule has 1 amide bonds. The monoisotopic (exact) mass is 554 g/mol. The van der Waals surface area contributed by atoms with Crippen molar-refractivity contribution in [2.45, 2.75) is 6.92 Å². The van der Waals surface area contributed by atoms with Crippen molar-refractivity contribution in [2.75, 3.05) is 30.8 Å². The number of nitrogens with one attached hydrogen (secondary N) is 1. The topological polar surface area (TPSA) is 88.8 Å². The van der Waals surface area contributed by atoms with Crippen molar-refractivity contribution < 1.29 is 22.4 Å². The third-order valence-corrected chi connectivity index (χ3v) is 7.81. The molecule has 0 unspecified atom stereocenters. The van der Waals surface area contributed by atoms with E-state index in [0.717, 1.165) is 16.7 Å². The molecule has 0 atom stereocenters. The Balaban J connectivity index is 1.69. The van der Waals surface area contributed by atoms with Gasteiger partial charge in [-0.3, -0.25) is 9.10 Å². The molecule has 0 saturated heterocycles. The van der Waals surface area contributed by atoms with Gasteiger partial charge in [0.2, 0.25) is 10.0 Å². The van der Waals surface area contributed by atoms with E-state index in [4.69, 9.17) is 9.15 Å². The van der Waals surface area contributed by atoms with Gasteiger partial charge in [0.15, 0.2) is 0 Å². The first-order valence-electron chi connectivity index (χ1n) is 12.9. The summed E-state index contributed by atoms with van der Waals surface area (Å²) in [6, 6.07) is 30.0. The molecule has 0 aliphatic rings. The van der Waals surface area contributed by atoms with Gasteiger partial charge >= 0.3 is 0 Å². The van der Waals surface area contributed by atoms with Gasteiger partial charge in [-0.05, 0) is 30.7 Å². The third kappa shape index (κ3) is 5.58. The minimum Gasteiger partial charge on any atom is -0.492 e. The lowest BCUT2D eigenvalue weighted by Crippen LogP contribution is -2.34. The van der Waals surface area contributed by atoms with E-state index in [0.29, 0.717) is 39.3 Å². The number of hydrogen-bond acceptors (Lipinski definition) is 5. The summed E-state index contributed by atoms with van der Waals surface area (Å²) >= 11 is 0. The molecular weight excluding hydrogens is 524 g/mol. The molecule has 0 spiro atoms. The minimum absolute atomic E-state index is 0.0763. The van der Waals surface area contributed by atoms with Crippen LogP contribution in [0.5, 0.6) is 5.75 Å². The summed E-state index contributed by atoms with van der Waals surface area (Å²) in [5, 5.41) is 3.31. The molecule has 0 bridgehead atoms. The maximum Gasteiger partial charge on any atom is 0.255 e. The molecule has 0 radical (unpaired) electrons. The fourth-order valence-electron chi connectivity index (χ4n) is 4.67. The summed E-state index contributed by atoms with van der Waals surface area (Å²) in [5.74, 6) is 0.778. The maximum absolute atomic E-state index is 13.2. The normalized spacial score (nSPS) is 11.4. The van der Waals surface area contributed by atoms with Crippen molar-refractivity contribution in [3.63, 3.8) is 0 Å². The number of fused-ring (bicyclic) bond motifs is 1. The zero-order chi connectivity index (χ0) is 28.3. The first-order valence-corrected chi connectivity index (χ1v) is 14.7. The molecule has 0 saturated carbocycles. The number of aryl methyl sites for hydroxylation is 1. The SMILES string of the molecule is CNC(=O)c1c(-c2ccc(C)cc2)oc2cc(N(CCOc3ccccc3)S(C)(=O)=O)c(-c3ccccc3)cc12. The molecule has 0 aliphatic heterocycles. The van der Waals surface area contributed by atoms with Crippen LogP contribution in [0.1, 0.15) is 15.9 Å². The number of sulfonamides is 1. The second kappa shape index (κ2) is 11.3. The maximum atomic E-state index is 13.2. The van der Waals surface area contributed by atoms with Crippen molar-refractivity contribution >= 4 is 32.6 Å². The molecule has 0 aliphatic carbocycles. The highest BCUT2D eigenvalue weighted by molar-refractivity contribution is 7.92. The van der Waals surface area contributed by atoms with Crippen LogP contribution < -0.4 is 14.4 Å². The first kappa shape index (κ1) is 27.0. The van der Waals surface area contributed by atoms with Gasteiger partial charge < -0.3 is 14.5 Å². The summed E-state index contributed by atoms with van der Waals surface area (Å²) in [4.78, 5) is 13.2. The number of nitrogens with zero attached hydrogens (tertiary/aromatic N) is 1. The predicted octanol–water partition coefficient (Wildman–Crippen LogP) is 6.28. The highest BCUT2D eigenvalue weighted by atomic mass is 32.2. The Hall–Kier alpha value is -4.56. The van der Waals surface area contributed by atoms with Gasteiger partial charge in [-0.15, -0.1) is 0 Å². The molecular formula is C32H30N2O5S. The zero-order valence-corrected chi connectivity index (χ0v) is 23.4. The number of carbonyl (C=O) groups excluding carboxylic acids is 1. The minimum atomic E-state index is -3.72. The van der Waals surface area contributed by atoms with Gasteiger partial charge in [-0.25, -0.2) is 8.42 Å². The average molecular weight is 555 g/mol. The van der Waals surface area contributed by atoms with Gasteiger partial charge in [0.05, 0.1) is 24.1 Å². The molecule has 5 aromatic rings. The summed E-state index contributed by atoms with van der Waals surface area (Å²) in [6.45, 7) is 2.20. The fraction of sp³-hybridized carbons (Fsp3) is 0.156. The Morgan fingerprint density at radius 2 is 1.55 bits per heavy atom. The van der Waals surface area contributed by atoms with Crippen molar-refractivity contribution in [3.8, 4) is 28.2 Å². The molecule has 0 fully saturated rings. The average Bonchev–Trinajstić information content (AvgIpc) is 3.33. The van der Waals surface area contributed by atoms with E-state index >= 15 is 0 Å².